The molecule has 6 heteroatoms. The fourth-order valence-electron chi connectivity index (χ4n) is 3.06. The van der Waals surface area contributed by atoms with Gasteiger partial charge in [0, 0.05) is 19.6 Å². The maximum absolute atomic E-state index is 12.6. The molecule has 1 N–H and O–H groups in total. The molecule has 0 aliphatic carbocycles. The van der Waals surface area contributed by atoms with Crippen LogP contribution in [0, 0.1) is 0 Å². The van der Waals surface area contributed by atoms with Crippen LogP contribution in [0.3, 0.4) is 0 Å². The molecular formula is C18H29N3O3. The highest BCUT2D eigenvalue weighted by Crippen LogP contribution is 2.09. The summed E-state index contributed by atoms with van der Waals surface area (Å²) in [5.74, 6) is -0.182. The molecule has 24 heavy (non-hydrogen) atoms. The fraction of sp³-hybridized carbons (Fsp3) is 0.667. The maximum Gasteiger partial charge on any atom is 0.287 e. The van der Waals surface area contributed by atoms with E-state index >= 15 is 0 Å². The number of likely N-dealkylation sites (tertiary alicyclic amines) is 1. The zero-order valence-electron chi connectivity index (χ0n) is 14.8. The highest BCUT2D eigenvalue weighted by atomic mass is 16.3. The van der Waals surface area contributed by atoms with E-state index in [0.29, 0.717) is 13.1 Å². The largest absolute Gasteiger partial charge is 0.459 e. The number of hydrogen-bond acceptors (Lipinski definition) is 4. The maximum atomic E-state index is 12.6. The van der Waals surface area contributed by atoms with Crippen molar-refractivity contribution in [2.24, 2.45) is 0 Å². The van der Waals surface area contributed by atoms with E-state index in [2.05, 4.69) is 10.2 Å². The molecule has 1 aliphatic rings. The smallest absolute Gasteiger partial charge is 0.287 e. The van der Waals surface area contributed by atoms with Gasteiger partial charge in [-0.1, -0.05) is 12.8 Å². The average molecular weight is 335 g/mol. The number of likely N-dealkylation sites (N-methyl/N-ethyl adjacent to an activating group) is 1. The molecule has 2 amide bonds. The van der Waals surface area contributed by atoms with E-state index in [-0.39, 0.29) is 17.6 Å². The van der Waals surface area contributed by atoms with Gasteiger partial charge >= 0.3 is 0 Å². The van der Waals surface area contributed by atoms with Crippen molar-refractivity contribution in [3.05, 3.63) is 24.2 Å². The predicted molar refractivity (Wildman–Crippen MR) is 92.8 cm³/mol. The summed E-state index contributed by atoms with van der Waals surface area (Å²) in [6.07, 6.45) is 6.55. The van der Waals surface area contributed by atoms with E-state index in [0.717, 1.165) is 19.6 Å². The van der Waals surface area contributed by atoms with Crippen LogP contribution < -0.4 is 5.32 Å². The molecule has 1 aromatic rings. The van der Waals surface area contributed by atoms with Gasteiger partial charge in [0.2, 0.25) is 5.91 Å². The van der Waals surface area contributed by atoms with Gasteiger partial charge in [0.05, 0.1) is 6.26 Å². The quantitative estimate of drug-likeness (QED) is 0.829. The van der Waals surface area contributed by atoms with E-state index in [4.69, 9.17) is 4.42 Å². The molecule has 2 rings (SSSR count). The molecule has 0 radical (unpaired) electrons. The first-order valence-electron chi connectivity index (χ1n) is 8.97. The standard InChI is InChI=1S/C18H29N3O3/c1-3-21(13-12-20-10-6-4-5-7-11-20)18(23)15(2)19-17(22)16-9-8-14-24-16/h8-9,14-15H,3-7,10-13H2,1-2H3,(H,19,22)/t15-/m0/s1. The number of carbonyl (C=O) groups is 2. The van der Waals surface area contributed by atoms with Crippen molar-refractivity contribution in [3.63, 3.8) is 0 Å². The summed E-state index contributed by atoms with van der Waals surface area (Å²) in [6.45, 7) is 8.19. The molecule has 134 valence electrons. The first-order valence-corrected chi connectivity index (χ1v) is 8.97. The number of rotatable bonds is 7. The Morgan fingerprint density at radius 1 is 1.29 bits per heavy atom. The van der Waals surface area contributed by atoms with E-state index in [1.54, 1.807) is 19.1 Å². The molecule has 0 spiro atoms. The number of nitrogens with one attached hydrogen (secondary N) is 1. The van der Waals surface area contributed by atoms with Gasteiger partial charge in [0.15, 0.2) is 5.76 Å². The average Bonchev–Trinajstić information content (AvgIpc) is 3.00. The zero-order valence-corrected chi connectivity index (χ0v) is 14.8. The summed E-state index contributed by atoms with van der Waals surface area (Å²) in [6, 6.07) is 2.68. The molecule has 1 saturated heterocycles. The summed E-state index contributed by atoms with van der Waals surface area (Å²) in [5, 5.41) is 2.71. The summed E-state index contributed by atoms with van der Waals surface area (Å²) in [4.78, 5) is 28.8. The van der Waals surface area contributed by atoms with Gasteiger partial charge in [-0.15, -0.1) is 0 Å². The second-order valence-corrected chi connectivity index (χ2v) is 6.35. The van der Waals surface area contributed by atoms with Crippen LogP contribution in [0.1, 0.15) is 50.1 Å². The minimum absolute atomic E-state index is 0.0489. The minimum atomic E-state index is -0.563. The van der Waals surface area contributed by atoms with Crippen molar-refractivity contribution in [1.82, 2.24) is 15.1 Å². The Balaban J connectivity index is 1.81. The molecule has 0 unspecified atom stereocenters. The van der Waals surface area contributed by atoms with Crippen LogP contribution in [0.2, 0.25) is 0 Å². The van der Waals surface area contributed by atoms with E-state index in [1.807, 2.05) is 11.8 Å². The predicted octanol–water partition coefficient (Wildman–Crippen LogP) is 2.12. The Labute approximate surface area is 144 Å². The molecular weight excluding hydrogens is 306 g/mol. The van der Waals surface area contributed by atoms with Gasteiger partial charge in [-0.3, -0.25) is 9.59 Å². The van der Waals surface area contributed by atoms with E-state index in [9.17, 15) is 9.59 Å². The Morgan fingerprint density at radius 2 is 2.00 bits per heavy atom. The second kappa shape index (κ2) is 9.47. The first kappa shape index (κ1) is 18.5. The van der Waals surface area contributed by atoms with Gasteiger partial charge in [0.1, 0.15) is 6.04 Å². The topological polar surface area (TPSA) is 65.8 Å². The highest BCUT2D eigenvalue weighted by Gasteiger charge is 2.23. The zero-order chi connectivity index (χ0) is 17.4. The van der Waals surface area contributed by atoms with Gasteiger partial charge in [-0.2, -0.15) is 0 Å². The molecule has 1 fully saturated rings. The number of furan rings is 1. The lowest BCUT2D eigenvalue weighted by atomic mass is 10.2. The summed E-state index contributed by atoms with van der Waals surface area (Å²) >= 11 is 0. The van der Waals surface area contributed by atoms with Gasteiger partial charge in [0.25, 0.3) is 5.91 Å². The second-order valence-electron chi connectivity index (χ2n) is 6.35. The summed E-state index contributed by atoms with van der Waals surface area (Å²) < 4.78 is 5.06. The molecule has 0 aromatic carbocycles. The van der Waals surface area contributed by atoms with Crippen LogP contribution in [0.5, 0.6) is 0 Å². The number of nitrogens with zero attached hydrogens (tertiary/aromatic N) is 2. The van der Waals surface area contributed by atoms with Crippen molar-refractivity contribution in [1.29, 1.82) is 0 Å². The van der Waals surface area contributed by atoms with Crippen molar-refractivity contribution < 1.29 is 14.0 Å². The van der Waals surface area contributed by atoms with E-state index in [1.165, 1.54) is 31.9 Å². The van der Waals surface area contributed by atoms with Gasteiger partial charge in [-0.25, -0.2) is 0 Å². The number of amides is 2. The Morgan fingerprint density at radius 3 is 2.58 bits per heavy atom. The summed E-state index contributed by atoms with van der Waals surface area (Å²) in [7, 11) is 0. The molecule has 2 heterocycles. The normalized spacial score (nSPS) is 17.1. The van der Waals surface area contributed by atoms with Crippen LogP contribution in [0.4, 0.5) is 0 Å². The van der Waals surface area contributed by atoms with Crippen molar-refractivity contribution in [2.45, 2.75) is 45.6 Å². The molecule has 6 nitrogen and oxygen atoms in total. The van der Waals surface area contributed by atoms with Crippen LogP contribution in [0.25, 0.3) is 0 Å². The lowest BCUT2D eigenvalue weighted by molar-refractivity contribution is -0.132. The number of hydrogen-bond donors (Lipinski definition) is 1. The van der Waals surface area contributed by atoms with Crippen LogP contribution >= 0.6 is 0 Å². The third-order valence-corrected chi connectivity index (χ3v) is 4.54. The Hall–Kier alpha value is -1.82. The summed E-state index contributed by atoms with van der Waals surface area (Å²) in [5.41, 5.74) is 0. The van der Waals surface area contributed by atoms with Crippen molar-refractivity contribution in [2.75, 3.05) is 32.7 Å². The van der Waals surface area contributed by atoms with Crippen LogP contribution in [0.15, 0.2) is 22.8 Å². The first-order chi connectivity index (χ1) is 11.6. The Kier molecular flexibility index (Phi) is 7.31. The van der Waals surface area contributed by atoms with Gasteiger partial charge in [-0.05, 0) is 51.9 Å². The lowest BCUT2D eigenvalue weighted by Crippen LogP contribution is -2.48. The SMILES string of the molecule is CCN(CCN1CCCCCC1)C(=O)[C@H](C)NC(=O)c1ccco1. The Bertz CT molecular complexity index is 508. The highest BCUT2D eigenvalue weighted by molar-refractivity contribution is 5.95. The molecule has 1 atom stereocenters. The minimum Gasteiger partial charge on any atom is -0.459 e. The third kappa shape index (κ3) is 5.37. The number of carbonyl (C=O) groups excluding carboxylic acids is 2. The lowest BCUT2D eigenvalue weighted by Gasteiger charge is -2.28. The monoisotopic (exact) mass is 335 g/mol. The fourth-order valence-corrected chi connectivity index (χ4v) is 3.06. The molecule has 1 aromatic heterocycles. The molecule has 1 aliphatic heterocycles. The molecule has 0 bridgehead atoms. The van der Waals surface area contributed by atoms with Crippen molar-refractivity contribution >= 4 is 11.8 Å². The van der Waals surface area contributed by atoms with E-state index < -0.39 is 6.04 Å². The third-order valence-electron chi connectivity index (χ3n) is 4.54. The van der Waals surface area contributed by atoms with Crippen LogP contribution in [-0.4, -0.2) is 60.4 Å². The van der Waals surface area contributed by atoms with Crippen molar-refractivity contribution in [3.8, 4) is 0 Å². The van der Waals surface area contributed by atoms with Gasteiger partial charge < -0.3 is 19.5 Å². The molecule has 0 saturated carbocycles. The van der Waals surface area contributed by atoms with Crippen LogP contribution in [-0.2, 0) is 4.79 Å².